The molecule has 0 saturated carbocycles. The van der Waals surface area contributed by atoms with Gasteiger partial charge in [0.25, 0.3) is 5.91 Å². The van der Waals surface area contributed by atoms with Crippen molar-refractivity contribution in [2.24, 2.45) is 0 Å². The summed E-state index contributed by atoms with van der Waals surface area (Å²) in [6.45, 7) is 1.90. The molecule has 198 valence electrons. The van der Waals surface area contributed by atoms with Crippen LogP contribution < -0.4 is 15.4 Å². The first-order valence-corrected chi connectivity index (χ1v) is 13.2. The molecule has 0 aliphatic carbocycles. The highest BCUT2D eigenvalue weighted by Crippen LogP contribution is 2.38. The predicted molar refractivity (Wildman–Crippen MR) is 151 cm³/mol. The summed E-state index contributed by atoms with van der Waals surface area (Å²) in [5.41, 5.74) is 2.85. The number of anilines is 2. The number of nitriles is 1. The van der Waals surface area contributed by atoms with Gasteiger partial charge in [0.1, 0.15) is 17.4 Å². The van der Waals surface area contributed by atoms with Crippen molar-refractivity contribution in [3.05, 3.63) is 75.7 Å². The van der Waals surface area contributed by atoms with Gasteiger partial charge < -0.3 is 20.1 Å². The third kappa shape index (κ3) is 6.78. The molecule has 0 spiro atoms. The van der Waals surface area contributed by atoms with Gasteiger partial charge in [0.15, 0.2) is 17.6 Å². The maximum atomic E-state index is 12.9. The zero-order chi connectivity index (χ0) is 27.8. The number of carbonyl (C=O) groups excluding carboxylic acids is 2. The first-order valence-electron chi connectivity index (χ1n) is 11.9. The Bertz CT molecular complexity index is 1540. The van der Waals surface area contributed by atoms with E-state index in [0.29, 0.717) is 51.7 Å². The van der Waals surface area contributed by atoms with Gasteiger partial charge in [-0.05, 0) is 48.4 Å². The summed E-state index contributed by atoms with van der Waals surface area (Å²) in [6.07, 6.45) is 2.63. The Morgan fingerprint density at radius 2 is 1.97 bits per heavy atom. The van der Waals surface area contributed by atoms with Crippen LogP contribution in [0.2, 0.25) is 5.02 Å². The quantitative estimate of drug-likeness (QED) is 0.215. The van der Waals surface area contributed by atoms with Crippen molar-refractivity contribution in [1.29, 1.82) is 5.26 Å². The second-order valence-electron chi connectivity index (χ2n) is 8.25. The minimum atomic E-state index is -0.496. The summed E-state index contributed by atoms with van der Waals surface area (Å²) >= 11 is 7.38. The van der Waals surface area contributed by atoms with Crippen LogP contribution in [-0.4, -0.2) is 35.7 Å². The van der Waals surface area contributed by atoms with Crippen molar-refractivity contribution in [2.75, 3.05) is 24.5 Å². The molecule has 4 aromatic rings. The molecule has 2 aromatic carbocycles. The summed E-state index contributed by atoms with van der Waals surface area (Å²) in [4.78, 5) is 33.8. The molecule has 2 aromatic heterocycles. The number of ether oxygens (including phenoxy) is 2. The van der Waals surface area contributed by atoms with E-state index >= 15 is 0 Å². The number of rotatable bonds is 10. The van der Waals surface area contributed by atoms with Crippen LogP contribution in [0.15, 0.2) is 60.1 Å². The number of pyridine rings is 1. The normalized spacial score (nSPS) is 10.5. The molecule has 0 atom stereocenters. The smallest absolute Gasteiger partial charge is 0.285 e. The fourth-order valence-electron chi connectivity index (χ4n) is 3.78. The molecule has 2 heterocycles. The molecule has 0 saturated heterocycles. The SMILES string of the molecule is CCCC(=O)Nc1cccc(-c2cc(-c3ccc(Cl)cc3OCOC)nc(NC(=O)c3nccs3)c2C#N)c1. The van der Waals surface area contributed by atoms with Crippen LogP contribution in [0, 0.1) is 11.3 Å². The number of amides is 2. The number of hydrogen-bond donors (Lipinski definition) is 2. The van der Waals surface area contributed by atoms with E-state index in [-0.39, 0.29) is 29.1 Å². The van der Waals surface area contributed by atoms with Gasteiger partial charge in [0, 0.05) is 46.9 Å². The van der Waals surface area contributed by atoms with E-state index in [1.807, 2.05) is 13.0 Å². The van der Waals surface area contributed by atoms with Crippen molar-refractivity contribution in [3.8, 4) is 34.2 Å². The van der Waals surface area contributed by atoms with Gasteiger partial charge in [-0.25, -0.2) is 9.97 Å². The third-order valence-corrected chi connectivity index (χ3v) is 6.48. The summed E-state index contributed by atoms with van der Waals surface area (Å²) < 4.78 is 10.8. The van der Waals surface area contributed by atoms with Crippen LogP contribution in [0.25, 0.3) is 22.4 Å². The third-order valence-electron chi connectivity index (χ3n) is 5.48. The zero-order valence-corrected chi connectivity index (χ0v) is 22.7. The Hall–Kier alpha value is -4.30. The molecule has 11 heteroatoms. The maximum absolute atomic E-state index is 12.9. The predicted octanol–water partition coefficient (Wildman–Crippen LogP) is 6.37. The van der Waals surface area contributed by atoms with Crippen molar-refractivity contribution < 1.29 is 19.1 Å². The second kappa shape index (κ2) is 13.0. The van der Waals surface area contributed by atoms with Crippen LogP contribution >= 0.6 is 22.9 Å². The number of methoxy groups -OCH3 is 1. The van der Waals surface area contributed by atoms with Crippen LogP contribution in [0.1, 0.15) is 35.1 Å². The second-order valence-corrected chi connectivity index (χ2v) is 9.58. The molecule has 39 heavy (non-hydrogen) atoms. The number of aromatic nitrogens is 2. The van der Waals surface area contributed by atoms with Crippen LogP contribution in [0.5, 0.6) is 5.75 Å². The van der Waals surface area contributed by atoms with E-state index < -0.39 is 5.91 Å². The summed E-state index contributed by atoms with van der Waals surface area (Å²) in [6, 6.07) is 16.1. The number of benzene rings is 2. The molecule has 2 amide bonds. The van der Waals surface area contributed by atoms with E-state index in [1.54, 1.807) is 47.8 Å². The average molecular weight is 562 g/mol. The zero-order valence-electron chi connectivity index (χ0n) is 21.2. The van der Waals surface area contributed by atoms with Crippen LogP contribution in [0.4, 0.5) is 11.5 Å². The molecule has 0 unspecified atom stereocenters. The van der Waals surface area contributed by atoms with E-state index in [9.17, 15) is 14.9 Å². The number of hydrogen-bond acceptors (Lipinski definition) is 8. The van der Waals surface area contributed by atoms with Gasteiger partial charge in [0.05, 0.1) is 5.69 Å². The van der Waals surface area contributed by atoms with Crippen LogP contribution in [-0.2, 0) is 9.53 Å². The number of halogens is 1. The summed E-state index contributed by atoms with van der Waals surface area (Å²) in [5.74, 6) is -0.142. The Kier molecular flexibility index (Phi) is 9.22. The Balaban J connectivity index is 1.88. The van der Waals surface area contributed by atoms with Gasteiger partial charge in [0.2, 0.25) is 5.91 Å². The molecule has 0 bridgehead atoms. The summed E-state index contributed by atoms with van der Waals surface area (Å²) in [5, 5.41) is 18.1. The van der Waals surface area contributed by atoms with Crippen molar-refractivity contribution >= 4 is 46.3 Å². The highest BCUT2D eigenvalue weighted by Gasteiger charge is 2.21. The average Bonchev–Trinajstić information content (AvgIpc) is 3.47. The Morgan fingerprint density at radius 3 is 2.69 bits per heavy atom. The summed E-state index contributed by atoms with van der Waals surface area (Å²) in [7, 11) is 1.50. The minimum Gasteiger partial charge on any atom is -0.467 e. The molecular weight excluding hydrogens is 538 g/mol. The van der Waals surface area contributed by atoms with Crippen molar-refractivity contribution in [2.45, 2.75) is 19.8 Å². The fourth-order valence-corrected chi connectivity index (χ4v) is 4.47. The monoisotopic (exact) mass is 561 g/mol. The molecule has 0 aliphatic heterocycles. The lowest BCUT2D eigenvalue weighted by molar-refractivity contribution is -0.116. The lowest BCUT2D eigenvalue weighted by atomic mass is 9.97. The van der Waals surface area contributed by atoms with Gasteiger partial charge in [-0.1, -0.05) is 30.7 Å². The minimum absolute atomic E-state index is 0.0242. The number of thiazole rings is 1. The number of nitrogens with zero attached hydrogens (tertiary/aromatic N) is 3. The number of carbonyl (C=O) groups is 2. The number of nitrogens with one attached hydrogen (secondary N) is 2. The lowest BCUT2D eigenvalue weighted by Gasteiger charge is -2.16. The van der Waals surface area contributed by atoms with Gasteiger partial charge in [-0.3, -0.25) is 9.59 Å². The molecule has 0 aliphatic rings. The molecule has 0 radical (unpaired) electrons. The van der Waals surface area contributed by atoms with Crippen LogP contribution in [0.3, 0.4) is 0 Å². The standard InChI is InChI=1S/C28H24ClN5O4S/c1-3-5-25(35)32-19-7-4-6-17(12-19)21-14-23(20-9-8-18(29)13-24(20)38-16-37-2)33-26(22(21)15-30)34-27(36)28-31-10-11-39-28/h4,6-14H,3,5,16H2,1-2H3,(H,32,35)(H,33,34,36). The largest absolute Gasteiger partial charge is 0.467 e. The van der Waals surface area contributed by atoms with Gasteiger partial charge >= 0.3 is 0 Å². The maximum Gasteiger partial charge on any atom is 0.285 e. The van der Waals surface area contributed by atoms with Crippen molar-refractivity contribution in [1.82, 2.24) is 9.97 Å². The lowest BCUT2D eigenvalue weighted by Crippen LogP contribution is -2.15. The molecule has 0 fully saturated rings. The van der Waals surface area contributed by atoms with E-state index in [0.717, 1.165) is 0 Å². The van der Waals surface area contributed by atoms with Gasteiger partial charge in [-0.2, -0.15) is 5.26 Å². The molecule has 9 nitrogen and oxygen atoms in total. The molecular formula is C28H24ClN5O4S. The van der Waals surface area contributed by atoms with E-state index in [4.69, 9.17) is 21.1 Å². The fraction of sp³-hybridized carbons (Fsp3) is 0.179. The first kappa shape index (κ1) is 27.7. The van der Waals surface area contributed by atoms with Crippen molar-refractivity contribution in [3.63, 3.8) is 0 Å². The molecule has 4 rings (SSSR count). The Morgan fingerprint density at radius 1 is 1.13 bits per heavy atom. The molecule has 2 N–H and O–H groups in total. The highest BCUT2D eigenvalue weighted by molar-refractivity contribution is 7.11. The van der Waals surface area contributed by atoms with Gasteiger partial charge in [-0.15, -0.1) is 11.3 Å². The van der Waals surface area contributed by atoms with E-state index in [2.05, 4.69) is 26.7 Å². The first-order chi connectivity index (χ1) is 18.9. The Labute approximate surface area is 234 Å². The van der Waals surface area contributed by atoms with E-state index in [1.165, 1.54) is 24.6 Å². The topological polar surface area (TPSA) is 126 Å². The highest BCUT2D eigenvalue weighted by atomic mass is 35.5.